The van der Waals surface area contributed by atoms with Crippen molar-refractivity contribution in [2.75, 3.05) is 25.3 Å². The molecule has 2 aromatic carbocycles. The SMILES string of the molecule is CN(C(=O)c1cccc(-n2nc(C(F)(F)F)c3c2CN(C(=O)OC(C)(C)C)CC3)c1)c1ccc2c(c1)OCO2. The first kappa shape index (κ1) is 26.4. The quantitative estimate of drug-likeness (QED) is 0.451. The van der Waals surface area contributed by atoms with E-state index in [1.807, 2.05) is 0 Å². The third-order valence-corrected chi connectivity index (χ3v) is 6.37. The van der Waals surface area contributed by atoms with E-state index in [-0.39, 0.29) is 54.7 Å². The first-order valence-electron chi connectivity index (χ1n) is 12.3. The highest BCUT2D eigenvalue weighted by Crippen LogP contribution is 2.37. The molecule has 3 aromatic rings. The molecule has 5 rings (SSSR count). The maximum atomic E-state index is 13.9. The number of fused-ring (bicyclic) bond motifs is 2. The van der Waals surface area contributed by atoms with Crippen LogP contribution in [0.4, 0.5) is 23.7 Å². The van der Waals surface area contributed by atoms with Gasteiger partial charge in [0.1, 0.15) is 5.60 Å². The van der Waals surface area contributed by atoms with Crippen molar-refractivity contribution in [3.63, 3.8) is 0 Å². The minimum absolute atomic E-state index is 0.0246. The molecule has 0 spiro atoms. The molecule has 0 atom stereocenters. The minimum Gasteiger partial charge on any atom is -0.454 e. The standard InChI is InChI=1S/C27H27F3N4O5/c1-26(2,3)39-25(36)33-11-10-19-20(14-33)34(31-23(19)27(28,29)30)18-7-5-6-16(12-18)24(35)32(4)17-8-9-21-22(13-17)38-15-37-21/h5-9,12-13H,10-11,14-15H2,1-4H3. The van der Waals surface area contributed by atoms with E-state index >= 15 is 0 Å². The average Bonchev–Trinajstić information content (AvgIpc) is 3.50. The lowest BCUT2D eigenvalue weighted by Gasteiger charge is -2.30. The Morgan fingerprint density at radius 2 is 1.79 bits per heavy atom. The Balaban J connectivity index is 1.48. The molecule has 0 saturated carbocycles. The molecular formula is C27H27F3N4O5. The number of halogens is 3. The molecule has 206 valence electrons. The van der Waals surface area contributed by atoms with E-state index in [1.165, 1.54) is 15.9 Å². The summed E-state index contributed by atoms with van der Waals surface area (Å²) in [6.45, 7) is 5.19. The lowest BCUT2D eigenvalue weighted by Crippen LogP contribution is -2.40. The van der Waals surface area contributed by atoms with Gasteiger partial charge in [0.05, 0.1) is 17.9 Å². The summed E-state index contributed by atoms with van der Waals surface area (Å²) in [7, 11) is 1.59. The van der Waals surface area contributed by atoms with E-state index in [2.05, 4.69) is 5.10 Å². The number of hydrogen-bond acceptors (Lipinski definition) is 6. The van der Waals surface area contributed by atoms with Crippen LogP contribution in [0, 0.1) is 0 Å². The maximum absolute atomic E-state index is 13.9. The molecule has 2 amide bonds. The fraction of sp³-hybridized carbons (Fsp3) is 0.370. The van der Waals surface area contributed by atoms with E-state index in [0.29, 0.717) is 17.2 Å². The van der Waals surface area contributed by atoms with Crippen LogP contribution in [0.1, 0.15) is 48.1 Å². The van der Waals surface area contributed by atoms with Gasteiger partial charge < -0.3 is 24.0 Å². The largest absolute Gasteiger partial charge is 0.454 e. The average molecular weight is 545 g/mol. The van der Waals surface area contributed by atoms with Crippen LogP contribution in [-0.4, -0.2) is 52.7 Å². The third kappa shape index (κ3) is 5.23. The van der Waals surface area contributed by atoms with E-state index in [4.69, 9.17) is 14.2 Å². The number of ether oxygens (including phenoxy) is 3. The van der Waals surface area contributed by atoms with Gasteiger partial charge in [-0.25, -0.2) is 9.48 Å². The Bertz CT molecular complexity index is 1440. The normalized spacial score (nSPS) is 14.7. The Hall–Kier alpha value is -4.22. The first-order chi connectivity index (χ1) is 18.3. The van der Waals surface area contributed by atoms with Crippen LogP contribution < -0.4 is 14.4 Å². The van der Waals surface area contributed by atoms with E-state index < -0.39 is 23.6 Å². The summed E-state index contributed by atoms with van der Waals surface area (Å²) >= 11 is 0. The number of nitrogens with zero attached hydrogens (tertiary/aromatic N) is 4. The molecule has 0 N–H and O–H groups in total. The molecule has 2 aliphatic rings. The van der Waals surface area contributed by atoms with Crippen molar-refractivity contribution in [1.82, 2.24) is 14.7 Å². The second-order valence-corrected chi connectivity index (χ2v) is 10.3. The summed E-state index contributed by atoms with van der Waals surface area (Å²) in [5.74, 6) is 0.701. The summed E-state index contributed by atoms with van der Waals surface area (Å²) < 4.78 is 59.0. The topological polar surface area (TPSA) is 86.1 Å². The second kappa shape index (κ2) is 9.51. The van der Waals surface area contributed by atoms with Crippen LogP contribution in [0.5, 0.6) is 11.5 Å². The van der Waals surface area contributed by atoms with Gasteiger partial charge in [0, 0.05) is 36.5 Å². The zero-order valence-electron chi connectivity index (χ0n) is 21.8. The summed E-state index contributed by atoms with van der Waals surface area (Å²) in [6, 6.07) is 11.3. The molecule has 0 unspecified atom stereocenters. The predicted molar refractivity (Wildman–Crippen MR) is 134 cm³/mol. The van der Waals surface area contributed by atoms with Crippen LogP contribution in [0.15, 0.2) is 42.5 Å². The molecule has 0 aliphatic carbocycles. The molecule has 0 radical (unpaired) electrons. The van der Waals surface area contributed by atoms with Gasteiger partial charge in [-0.1, -0.05) is 6.07 Å². The Labute approximate surface area is 222 Å². The van der Waals surface area contributed by atoms with Crippen molar-refractivity contribution in [2.24, 2.45) is 0 Å². The van der Waals surface area contributed by atoms with E-state index in [0.717, 1.165) is 4.68 Å². The summed E-state index contributed by atoms with van der Waals surface area (Å²) in [6.07, 6.45) is -5.34. The number of benzene rings is 2. The number of aromatic nitrogens is 2. The molecule has 1 aromatic heterocycles. The Morgan fingerprint density at radius 3 is 2.51 bits per heavy atom. The van der Waals surface area contributed by atoms with Crippen LogP contribution in [0.25, 0.3) is 5.69 Å². The number of hydrogen-bond donors (Lipinski definition) is 0. The number of rotatable bonds is 3. The smallest absolute Gasteiger partial charge is 0.435 e. The van der Waals surface area contributed by atoms with Gasteiger partial charge in [-0.3, -0.25) is 4.79 Å². The zero-order valence-corrected chi connectivity index (χ0v) is 21.8. The third-order valence-electron chi connectivity index (χ3n) is 6.37. The van der Waals surface area contributed by atoms with Crippen LogP contribution in [-0.2, 0) is 23.9 Å². The van der Waals surface area contributed by atoms with Crippen molar-refractivity contribution in [1.29, 1.82) is 0 Å². The van der Waals surface area contributed by atoms with Gasteiger partial charge in [0.25, 0.3) is 5.91 Å². The molecule has 0 bridgehead atoms. The van der Waals surface area contributed by atoms with Gasteiger partial charge in [-0.15, -0.1) is 0 Å². The number of carbonyl (C=O) groups excluding carboxylic acids is 2. The summed E-state index contributed by atoms with van der Waals surface area (Å²) in [4.78, 5) is 28.8. The lowest BCUT2D eigenvalue weighted by molar-refractivity contribution is -0.142. The van der Waals surface area contributed by atoms with Gasteiger partial charge in [0.2, 0.25) is 6.79 Å². The van der Waals surface area contributed by atoms with Crippen LogP contribution in [0.3, 0.4) is 0 Å². The van der Waals surface area contributed by atoms with Crippen LogP contribution >= 0.6 is 0 Å². The summed E-state index contributed by atoms with van der Waals surface area (Å²) in [5.41, 5.74) is -0.463. The number of anilines is 1. The van der Waals surface area contributed by atoms with Crippen molar-refractivity contribution in [3.05, 3.63) is 65.0 Å². The molecule has 12 heteroatoms. The van der Waals surface area contributed by atoms with E-state index in [9.17, 15) is 22.8 Å². The van der Waals surface area contributed by atoms with Gasteiger partial charge in [-0.05, 0) is 57.5 Å². The lowest BCUT2D eigenvalue weighted by atomic mass is 10.0. The monoisotopic (exact) mass is 544 g/mol. The Kier molecular flexibility index (Phi) is 6.44. The highest BCUT2D eigenvalue weighted by molar-refractivity contribution is 6.06. The molecule has 0 saturated heterocycles. The number of amides is 2. The maximum Gasteiger partial charge on any atom is 0.435 e. The molecular weight excluding hydrogens is 517 g/mol. The van der Waals surface area contributed by atoms with Crippen molar-refractivity contribution in [3.8, 4) is 17.2 Å². The second-order valence-electron chi connectivity index (χ2n) is 10.3. The first-order valence-corrected chi connectivity index (χ1v) is 12.3. The van der Waals surface area contributed by atoms with Gasteiger partial charge in [0.15, 0.2) is 17.2 Å². The predicted octanol–water partition coefficient (Wildman–Crippen LogP) is 5.19. The van der Waals surface area contributed by atoms with Crippen molar-refractivity contribution < 1.29 is 37.0 Å². The molecule has 9 nitrogen and oxygen atoms in total. The summed E-state index contributed by atoms with van der Waals surface area (Å²) in [5, 5.41) is 3.90. The molecule has 3 heterocycles. The van der Waals surface area contributed by atoms with Crippen molar-refractivity contribution in [2.45, 2.75) is 45.5 Å². The highest BCUT2D eigenvalue weighted by atomic mass is 19.4. The van der Waals surface area contributed by atoms with E-state index in [1.54, 1.807) is 64.2 Å². The van der Waals surface area contributed by atoms with Crippen molar-refractivity contribution >= 4 is 17.7 Å². The fourth-order valence-electron chi connectivity index (χ4n) is 4.52. The van der Waals surface area contributed by atoms with Gasteiger partial charge in [-0.2, -0.15) is 18.3 Å². The molecule has 0 fully saturated rings. The molecule has 2 aliphatic heterocycles. The van der Waals surface area contributed by atoms with Crippen LogP contribution in [0.2, 0.25) is 0 Å². The highest BCUT2D eigenvalue weighted by Gasteiger charge is 2.41. The number of alkyl halides is 3. The van der Waals surface area contributed by atoms with Gasteiger partial charge >= 0.3 is 12.3 Å². The zero-order chi connectivity index (χ0) is 28.1. The fourth-order valence-corrected chi connectivity index (χ4v) is 4.52. The number of carbonyl (C=O) groups is 2. The molecule has 39 heavy (non-hydrogen) atoms. The Morgan fingerprint density at radius 1 is 1.05 bits per heavy atom. The minimum atomic E-state index is -4.68.